The molecular weight excluding hydrogens is 387 g/mol. The van der Waals surface area contributed by atoms with Gasteiger partial charge in [-0.1, -0.05) is 0 Å². The van der Waals surface area contributed by atoms with E-state index in [-0.39, 0.29) is 12.1 Å². The van der Waals surface area contributed by atoms with E-state index in [0.29, 0.717) is 21.4 Å². The third kappa shape index (κ3) is 3.21. The zero-order valence-corrected chi connectivity index (χ0v) is 16.1. The van der Waals surface area contributed by atoms with Crippen LogP contribution in [-0.4, -0.2) is 27.0 Å². The van der Waals surface area contributed by atoms with Gasteiger partial charge in [-0.3, -0.25) is 0 Å². The van der Waals surface area contributed by atoms with Crippen LogP contribution >= 0.6 is 0 Å². The van der Waals surface area contributed by atoms with E-state index in [9.17, 15) is 4.79 Å². The van der Waals surface area contributed by atoms with Gasteiger partial charge in [-0.2, -0.15) is 0 Å². The number of hydrogen-bond acceptors (Lipinski definition) is 2. The fourth-order valence-electron chi connectivity index (χ4n) is 3.60. The molecule has 3 heteroatoms. The van der Waals surface area contributed by atoms with E-state index >= 15 is 0 Å². The molecule has 1 heterocycles. The van der Waals surface area contributed by atoms with Crippen LogP contribution < -0.4 is 4.46 Å². The summed E-state index contributed by atoms with van der Waals surface area (Å²) >= 11 is 0.301. The predicted octanol–water partition coefficient (Wildman–Crippen LogP) is 3.74. The fourth-order valence-corrected chi connectivity index (χ4v) is 5.52. The van der Waals surface area contributed by atoms with Crippen molar-refractivity contribution in [3.63, 3.8) is 0 Å². The second-order valence-electron chi connectivity index (χ2n) is 6.49. The van der Waals surface area contributed by atoms with E-state index < -0.39 is 5.41 Å². The standard InChI is InChI=1S/C23H20O2Se/c24-22-23(18-10-4-1-5-11-18,19-12-6-2-7-13-19)16-20(25-22)17-26-21-14-8-3-9-15-21/h1-15,20H,16-17H2. The Morgan fingerprint density at radius 2 is 1.31 bits per heavy atom. The Balaban J connectivity index is 1.63. The van der Waals surface area contributed by atoms with Crippen molar-refractivity contribution in [2.45, 2.75) is 23.3 Å². The molecule has 2 nitrogen and oxygen atoms in total. The second-order valence-corrected chi connectivity index (χ2v) is 8.79. The van der Waals surface area contributed by atoms with Crippen LogP contribution in [-0.2, 0) is 14.9 Å². The van der Waals surface area contributed by atoms with Crippen LogP contribution in [0.2, 0.25) is 5.32 Å². The first kappa shape index (κ1) is 17.1. The second kappa shape index (κ2) is 7.49. The topological polar surface area (TPSA) is 26.3 Å². The molecule has 3 aromatic rings. The molecule has 0 aromatic heterocycles. The predicted molar refractivity (Wildman–Crippen MR) is 105 cm³/mol. The Morgan fingerprint density at radius 3 is 1.85 bits per heavy atom. The third-order valence-electron chi connectivity index (χ3n) is 4.87. The molecule has 26 heavy (non-hydrogen) atoms. The van der Waals surface area contributed by atoms with E-state index in [1.165, 1.54) is 4.46 Å². The van der Waals surface area contributed by atoms with Gasteiger partial charge in [0, 0.05) is 0 Å². The van der Waals surface area contributed by atoms with E-state index in [1.54, 1.807) is 0 Å². The average molecular weight is 407 g/mol. The summed E-state index contributed by atoms with van der Waals surface area (Å²) in [6.07, 6.45) is 0.664. The number of cyclic esters (lactones) is 1. The summed E-state index contributed by atoms with van der Waals surface area (Å²) in [6, 6.07) is 30.6. The number of esters is 1. The Labute approximate surface area is 160 Å². The van der Waals surface area contributed by atoms with Gasteiger partial charge < -0.3 is 0 Å². The Hall–Kier alpha value is -2.35. The summed E-state index contributed by atoms with van der Waals surface area (Å²) in [6.45, 7) is 0. The molecule has 1 fully saturated rings. The van der Waals surface area contributed by atoms with Gasteiger partial charge in [0.05, 0.1) is 0 Å². The van der Waals surface area contributed by atoms with Gasteiger partial charge in [0.2, 0.25) is 0 Å². The van der Waals surface area contributed by atoms with Crippen LogP contribution in [0, 0.1) is 0 Å². The van der Waals surface area contributed by atoms with Crippen LogP contribution in [0.15, 0.2) is 91.0 Å². The molecule has 3 aromatic carbocycles. The molecule has 1 unspecified atom stereocenters. The molecule has 1 aliphatic heterocycles. The average Bonchev–Trinajstić information content (AvgIpc) is 3.06. The normalized spacial score (nSPS) is 18.5. The summed E-state index contributed by atoms with van der Waals surface area (Å²) < 4.78 is 7.23. The molecule has 1 saturated heterocycles. The summed E-state index contributed by atoms with van der Waals surface area (Å²) in [7, 11) is 0. The molecule has 0 amide bonds. The van der Waals surface area contributed by atoms with Crippen LogP contribution in [0.25, 0.3) is 0 Å². The van der Waals surface area contributed by atoms with Gasteiger partial charge in [-0.15, -0.1) is 0 Å². The van der Waals surface area contributed by atoms with E-state index in [1.807, 2.05) is 66.7 Å². The van der Waals surface area contributed by atoms with Crippen LogP contribution in [0.5, 0.6) is 0 Å². The van der Waals surface area contributed by atoms with Crippen molar-refractivity contribution in [2.75, 3.05) is 0 Å². The van der Waals surface area contributed by atoms with E-state index in [4.69, 9.17) is 4.74 Å². The molecule has 4 rings (SSSR count). The number of benzene rings is 3. The molecule has 130 valence electrons. The Morgan fingerprint density at radius 1 is 0.808 bits per heavy atom. The monoisotopic (exact) mass is 408 g/mol. The van der Waals surface area contributed by atoms with Gasteiger partial charge in [-0.25, -0.2) is 0 Å². The molecule has 0 N–H and O–H groups in total. The van der Waals surface area contributed by atoms with Gasteiger partial charge >= 0.3 is 160 Å². The zero-order valence-electron chi connectivity index (χ0n) is 14.4. The minimum atomic E-state index is -0.694. The molecule has 1 aliphatic rings. The van der Waals surface area contributed by atoms with Crippen molar-refractivity contribution < 1.29 is 9.53 Å². The van der Waals surface area contributed by atoms with Gasteiger partial charge in [-0.05, 0) is 0 Å². The molecule has 0 aliphatic carbocycles. The maximum absolute atomic E-state index is 13.1. The zero-order chi connectivity index (χ0) is 17.8. The van der Waals surface area contributed by atoms with Crippen molar-refractivity contribution in [2.24, 2.45) is 0 Å². The van der Waals surface area contributed by atoms with Crippen LogP contribution in [0.4, 0.5) is 0 Å². The number of carbonyl (C=O) groups excluding carboxylic acids is 1. The van der Waals surface area contributed by atoms with Gasteiger partial charge in [0.1, 0.15) is 0 Å². The molecule has 1 atom stereocenters. The van der Waals surface area contributed by atoms with Crippen LogP contribution in [0.1, 0.15) is 17.5 Å². The maximum atomic E-state index is 13.1. The summed E-state index contributed by atoms with van der Waals surface area (Å²) in [5, 5.41) is 0.907. The quantitative estimate of drug-likeness (QED) is 0.476. The number of carbonyl (C=O) groups is 1. The molecule has 0 radical (unpaired) electrons. The summed E-state index contributed by atoms with van der Waals surface area (Å²) in [5.41, 5.74) is 1.34. The Kier molecular flexibility index (Phi) is 4.92. The third-order valence-corrected chi connectivity index (χ3v) is 7.27. The van der Waals surface area contributed by atoms with Crippen molar-refractivity contribution in [3.8, 4) is 0 Å². The van der Waals surface area contributed by atoms with Crippen molar-refractivity contribution in [3.05, 3.63) is 102 Å². The minimum absolute atomic E-state index is 0.0388. The summed E-state index contributed by atoms with van der Waals surface area (Å²) in [5.74, 6) is -0.122. The van der Waals surface area contributed by atoms with Crippen molar-refractivity contribution >= 4 is 25.4 Å². The summed E-state index contributed by atoms with van der Waals surface area (Å²) in [4.78, 5) is 13.1. The molecule has 0 bridgehead atoms. The number of ether oxygens (including phenoxy) is 1. The van der Waals surface area contributed by atoms with Gasteiger partial charge in [0.15, 0.2) is 0 Å². The molecule has 0 saturated carbocycles. The van der Waals surface area contributed by atoms with Crippen molar-refractivity contribution in [1.29, 1.82) is 0 Å². The van der Waals surface area contributed by atoms with Gasteiger partial charge in [0.25, 0.3) is 0 Å². The van der Waals surface area contributed by atoms with E-state index in [0.717, 1.165) is 16.4 Å². The molecule has 0 spiro atoms. The van der Waals surface area contributed by atoms with E-state index in [2.05, 4.69) is 24.3 Å². The first-order valence-corrected chi connectivity index (χ1v) is 10.9. The molecular formula is C23H20O2Se. The SMILES string of the molecule is O=C1OC(C[Se]c2ccccc2)CC1(c1ccccc1)c1ccccc1. The van der Waals surface area contributed by atoms with Crippen molar-refractivity contribution in [1.82, 2.24) is 0 Å². The first-order valence-electron chi connectivity index (χ1n) is 8.79. The Bertz CT molecular complexity index is 823. The van der Waals surface area contributed by atoms with Crippen LogP contribution in [0.3, 0.4) is 0 Å². The number of rotatable bonds is 5. The first-order chi connectivity index (χ1) is 12.8. The fraction of sp³-hybridized carbons (Fsp3) is 0.174. The number of hydrogen-bond donors (Lipinski definition) is 0.